The summed E-state index contributed by atoms with van der Waals surface area (Å²) in [6.07, 6.45) is 0.0620. The Labute approximate surface area is 141 Å². The Balaban J connectivity index is 1.66. The van der Waals surface area contributed by atoms with Crippen LogP contribution in [-0.4, -0.2) is 22.1 Å². The number of carbonyl (C=O) groups is 1. The molecule has 3 rings (SSSR count). The summed E-state index contributed by atoms with van der Waals surface area (Å²) < 4.78 is 27.3. The van der Waals surface area contributed by atoms with Crippen LogP contribution in [0.5, 0.6) is 0 Å². The van der Waals surface area contributed by atoms with E-state index in [-0.39, 0.29) is 17.7 Å². The van der Waals surface area contributed by atoms with Crippen LogP contribution in [0.4, 0.5) is 8.78 Å². The van der Waals surface area contributed by atoms with Gasteiger partial charge in [-0.3, -0.25) is 9.89 Å². The van der Waals surface area contributed by atoms with Gasteiger partial charge in [-0.2, -0.15) is 5.10 Å². The first-order chi connectivity index (χ1) is 11.5. The highest BCUT2D eigenvalue weighted by Crippen LogP contribution is 2.23. The Morgan fingerprint density at radius 3 is 2.71 bits per heavy atom. The van der Waals surface area contributed by atoms with E-state index in [1.54, 1.807) is 13.0 Å². The molecule has 0 saturated carbocycles. The second-order valence-corrected chi connectivity index (χ2v) is 6.37. The fraction of sp³-hybridized carbons (Fsp3) is 0.176. The lowest BCUT2D eigenvalue weighted by molar-refractivity contribution is 0.0934. The molecule has 4 nitrogen and oxygen atoms in total. The van der Waals surface area contributed by atoms with Gasteiger partial charge in [0.1, 0.15) is 11.6 Å². The standard InChI is InChI=1S/C17H15F2N3OS/c1-10(8-11-12(18)4-2-5-13(11)19)20-17(23)15-9-14(21-22-15)16-6-3-7-24-16/h2-7,9-10H,8H2,1H3,(H,20,23)(H,21,22). The van der Waals surface area contributed by atoms with Gasteiger partial charge in [0, 0.05) is 11.6 Å². The van der Waals surface area contributed by atoms with Gasteiger partial charge in [0.15, 0.2) is 5.69 Å². The smallest absolute Gasteiger partial charge is 0.272 e. The lowest BCUT2D eigenvalue weighted by Crippen LogP contribution is -2.34. The molecule has 0 aliphatic rings. The van der Waals surface area contributed by atoms with E-state index in [9.17, 15) is 13.6 Å². The second kappa shape index (κ2) is 6.92. The SMILES string of the molecule is CC(Cc1c(F)cccc1F)NC(=O)c1cc(-c2cccs2)[nH]n1. The van der Waals surface area contributed by atoms with Crippen molar-refractivity contribution in [3.05, 3.63) is 64.7 Å². The topological polar surface area (TPSA) is 57.8 Å². The van der Waals surface area contributed by atoms with Crippen molar-refractivity contribution >= 4 is 17.2 Å². The van der Waals surface area contributed by atoms with Gasteiger partial charge < -0.3 is 5.32 Å². The Bertz CT molecular complexity index is 825. The number of aromatic amines is 1. The van der Waals surface area contributed by atoms with Crippen molar-refractivity contribution in [3.63, 3.8) is 0 Å². The van der Waals surface area contributed by atoms with E-state index in [2.05, 4.69) is 15.5 Å². The predicted octanol–water partition coefficient (Wildman–Crippen LogP) is 3.78. The number of benzene rings is 1. The summed E-state index contributed by atoms with van der Waals surface area (Å²) in [6.45, 7) is 1.69. The van der Waals surface area contributed by atoms with Gasteiger partial charge in [-0.15, -0.1) is 11.3 Å². The van der Waals surface area contributed by atoms with Crippen LogP contribution in [0.3, 0.4) is 0 Å². The summed E-state index contributed by atoms with van der Waals surface area (Å²) in [5.41, 5.74) is 0.953. The van der Waals surface area contributed by atoms with E-state index < -0.39 is 23.6 Å². The molecule has 0 saturated heterocycles. The Morgan fingerprint density at radius 1 is 1.29 bits per heavy atom. The van der Waals surface area contributed by atoms with E-state index in [1.807, 2.05) is 17.5 Å². The van der Waals surface area contributed by atoms with Crippen molar-refractivity contribution in [2.75, 3.05) is 0 Å². The number of nitrogens with zero attached hydrogens (tertiary/aromatic N) is 1. The molecule has 0 aliphatic heterocycles. The third kappa shape index (κ3) is 3.51. The molecule has 0 spiro atoms. The minimum absolute atomic E-state index is 0.0356. The summed E-state index contributed by atoms with van der Waals surface area (Å²) in [6, 6.07) is 8.76. The molecule has 3 aromatic rings. The van der Waals surface area contributed by atoms with E-state index in [0.717, 1.165) is 10.6 Å². The predicted molar refractivity (Wildman–Crippen MR) is 88.9 cm³/mol. The van der Waals surface area contributed by atoms with E-state index >= 15 is 0 Å². The lowest BCUT2D eigenvalue weighted by Gasteiger charge is -2.14. The summed E-state index contributed by atoms with van der Waals surface area (Å²) in [5.74, 6) is -1.62. The maximum Gasteiger partial charge on any atom is 0.272 e. The number of H-pyrrole nitrogens is 1. The molecule has 0 fully saturated rings. The van der Waals surface area contributed by atoms with Crippen LogP contribution in [-0.2, 0) is 6.42 Å². The second-order valence-electron chi connectivity index (χ2n) is 5.42. The van der Waals surface area contributed by atoms with Gasteiger partial charge in [0.05, 0.1) is 10.6 Å². The van der Waals surface area contributed by atoms with Gasteiger partial charge in [0.25, 0.3) is 5.91 Å². The van der Waals surface area contributed by atoms with Crippen molar-refractivity contribution in [2.24, 2.45) is 0 Å². The number of halogens is 2. The number of rotatable bonds is 5. The molecule has 2 aromatic heterocycles. The number of hydrogen-bond acceptors (Lipinski definition) is 3. The van der Waals surface area contributed by atoms with E-state index in [1.165, 1.54) is 29.5 Å². The molecule has 1 aromatic carbocycles. The fourth-order valence-corrected chi connectivity index (χ4v) is 3.07. The number of aromatic nitrogens is 2. The average Bonchev–Trinajstić information content (AvgIpc) is 3.21. The van der Waals surface area contributed by atoms with Gasteiger partial charge in [0.2, 0.25) is 0 Å². The first kappa shape index (κ1) is 16.3. The monoisotopic (exact) mass is 347 g/mol. The highest BCUT2D eigenvalue weighted by Gasteiger charge is 2.17. The van der Waals surface area contributed by atoms with Crippen molar-refractivity contribution in [3.8, 4) is 10.6 Å². The molecule has 0 radical (unpaired) electrons. The number of carbonyl (C=O) groups excluding carboxylic acids is 1. The largest absolute Gasteiger partial charge is 0.348 e. The van der Waals surface area contributed by atoms with Crippen molar-refractivity contribution in [2.45, 2.75) is 19.4 Å². The highest BCUT2D eigenvalue weighted by atomic mass is 32.1. The van der Waals surface area contributed by atoms with Gasteiger partial charge in [-0.1, -0.05) is 12.1 Å². The Kier molecular flexibility index (Phi) is 4.71. The number of amides is 1. The molecule has 0 bridgehead atoms. The maximum absolute atomic E-state index is 13.7. The summed E-state index contributed by atoms with van der Waals surface area (Å²) in [4.78, 5) is 13.2. The van der Waals surface area contributed by atoms with Crippen LogP contribution < -0.4 is 5.32 Å². The molecule has 2 N–H and O–H groups in total. The molecule has 124 valence electrons. The normalized spacial score (nSPS) is 12.1. The summed E-state index contributed by atoms with van der Waals surface area (Å²) in [5, 5.41) is 11.4. The lowest BCUT2D eigenvalue weighted by atomic mass is 10.1. The third-order valence-electron chi connectivity index (χ3n) is 3.55. The maximum atomic E-state index is 13.7. The van der Waals surface area contributed by atoms with Crippen LogP contribution in [0.1, 0.15) is 23.0 Å². The third-order valence-corrected chi connectivity index (χ3v) is 4.45. The van der Waals surface area contributed by atoms with Crippen molar-refractivity contribution < 1.29 is 13.6 Å². The van der Waals surface area contributed by atoms with E-state index in [0.29, 0.717) is 0 Å². The zero-order valence-corrected chi connectivity index (χ0v) is 13.7. The highest BCUT2D eigenvalue weighted by molar-refractivity contribution is 7.13. The summed E-state index contributed by atoms with van der Waals surface area (Å²) in [7, 11) is 0. The van der Waals surface area contributed by atoms with Crippen LogP contribution in [0.25, 0.3) is 10.6 Å². The van der Waals surface area contributed by atoms with E-state index in [4.69, 9.17) is 0 Å². The zero-order chi connectivity index (χ0) is 17.1. The molecule has 0 aliphatic carbocycles. The van der Waals surface area contributed by atoms with Crippen LogP contribution >= 0.6 is 11.3 Å². The molecular weight excluding hydrogens is 332 g/mol. The molecular formula is C17H15F2N3OS. The van der Waals surface area contributed by atoms with Crippen LogP contribution in [0, 0.1) is 11.6 Å². The molecule has 24 heavy (non-hydrogen) atoms. The molecule has 2 heterocycles. The Hall–Kier alpha value is -2.54. The molecule has 7 heteroatoms. The van der Waals surface area contributed by atoms with Gasteiger partial charge in [-0.05, 0) is 43.0 Å². The average molecular weight is 347 g/mol. The summed E-state index contributed by atoms with van der Waals surface area (Å²) >= 11 is 1.53. The molecule has 1 amide bonds. The molecule has 1 unspecified atom stereocenters. The number of nitrogens with one attached hydrogen (secondary N) is 2. The minimum atomic E-state index is -0.615. The zero-order valence-electron chi connectivity index (χ0n) is 12.8. The van der Waals surface area contributed by atoms with Crippen LogP contribution in [0.15, 0.2) is 41.8 Å². The van der Waals surface area contributed by atoms with Gasteiger partial charge >= 0.3 is 0 Å². The van der Waals surface area contributed by atoms with Crippen molar-refractivity contribution in [1.82, 2.24) is 15.5 Å². The van der Waals surface area contributed by atoms with Crippen LogP contribution in [0.2, 0.25) is 0 Å². The quantitative estimate of drug-likeness (QED) is 0.738. The number of hydrogen-bond donors (Lipinski definition) is 2. The first-order valence-electron chi connectivity index (χ1n) is 7.37. The number of thiophene rings is 1. The molecule has 1 atom stereocenters. The van der Waals surface area contributed by atoms with Gasteiger partial charge in [-0.25, -0.2) is 8.78 Å². The van der Waals surface area contributed by atoms with Crippen molar-refractivity contribution in [1.29, 1.82) is 0 Å². The Morgan fingerprint density at radius 2 is 2.04 bits per heavy atom. The fourth-order valence-electron chi connectivity index (χ4n) is 2.38. The minimum Gasteiger partial charge on any atom is -0.348 e. The first-order valence-corrected chi connectivity index (χ1v) is 8.25.